The summed E-state index contributed by atoms with van der Waals surface area (Å²) in [5.74, 6) is 0.432. The fourth-order valence-electron chi connectivity index (χ4n) is 2.59. The number of aromatic nitrogens is 1. The van der Waals surface area contributed by atoms with E-state index in [1.54, 1.807) is 17.2 Å². The average Bonchev–Trinajstić information content (AvgIpc) is 3.31. The molecule has 2 amide bonds. The van der Waals surface area contributed by atoms with E-state index in [-0.39, 0.29) is 17.7 Å². The van der Waals surface area contributed by atoms with Crippen molar-refractivity contribution in [2.45, 2.75) is 31.7 Å². The first-order chi connectivity index (χ1) is 10.1. The van der Waals surface area contributed by atoms with E-state index in [1.165, 1.54) is 12.8 Å². The Morgan fingerprint density at radius 3 is 2.43 bits per heavy atom. The lowest BCUT2D eigenvalue weighted by molar-refractivity contribution is -0.123. The standard InChI is InChI=1S/C15H20N4O2/c16-14(20)10-5-7-19(8-6-10)15(21)11-1-4-13(17-9-11)18-12-2-3-12/h1,4,9-10,12H,2-3,5-8H2,(H2,16,20)(H,17,18). The molecule has 1 aromatic rings. The van der Waals surface area contributed by atoms with Crippen molar-refractivity contribution in [3.05, 3.63) is 23.9 Å². The molecule has 0 atom stereocenters. The van der Waals surface area contributed by atoms with E-state index in [2.05, 4.69) is 10.3 Å². The van der Waals surface area contributed by atoms with Crippen molar-refractivity contribution in [1.29, 1.82) is 0 Å². The third-order valence-corrected chi connectivity index (χ3v) is 4.12. The van der Waals surface area contributed by atoms with Gasteiger partial charge < -0.3 is 16.0 Å². The highest BCUT2D eigenvalue weighted by Gasteiger charge is 2.26. The molecule has 6 heteroatoms. The number of nitrogens with two attached hydrogens (primary N) is 1. The van der Waals surface area contributed by atoms with E-state index in [1.807, 2.05) is 6.07 Å². The lowest BCUT2D eigenvalue weighted by Crippen LogP contribution is -2.41. The lowest BCUT2D eigenvalue weighted by Gasteiger charge is -2.30. The minimum absolute atomic E-state index is 0.0246. The van der Waals surface area contributed by atoms with E-state index >= 15 is 0 Å². The summed E-state index contributed by atoms with van der Waals surface area (Å²) < 4.78 is 0. The second-order valence-corrected chi connectivity index (χ2v) is 5.82. The number of anilines is 1. The minimum Gasteiger partial charge on any atom is -0.369 e. The third kappa shape index (κ3) is 3.32. The van der Waals surface area contributed by atoms with Crippen molar-refractivity contribution in [2.24, 2.45) is 11.7 Å². The van der Waals surface area contributed by atoms with Crippen LogP contribution < -0.4 is 11.1 Å². The van der Waals surface area contributed by atoms with Crippen LogP contribution in [0.4, 0.5) is 5.82 Å². The van der Waals surface area contributed by atoms with Gasteiger partial charge in [-0.25, -0.2) is 4.98 Å². The van der Waals surface area contributed by atoms with Crippen LogP contribution in [0.25, 0.3) is 0 Å². The number of nitrogens with zero attached hydrogens (tertiary/aromatic N) is 2. The molecule has 1 aliphatic heterocycles. The van der Waals surface area contributed by atoms with Crippen LogP contribution in [0.15, 0.2) is 18.3 Å². The number of hydrogen-bond acceptors (Lipinski definition) is 4. The number of piperidine rings is 1. The normalized spacial score (nSPS) is 19.3. The number of hydrogen-bond donors (Lipinski definition) is 2. The van der Waals surface area contributed by atoms with E-state index in [0.29, 0.717) is 37.5 Å². The van der Waals surface area contributed by atoms with E-state index in [9.17, 15) is 9.59 Å². The van der Waals surface area contributed by atoms with Crippen molar-refractivity contribution >= 4 is 17.6 Å². The van der Waals surface area contributed by atoms with Crippen molar-refractivity contribution in [3.63, 3.8) is 0 Å². The van der Waals surface area contributed by atoms with E-state index < -0.39 is 0 Å². The summed E-state index contributed by atoms with van der Waals surface area (Å²) >= 11 is 0. The first kappa shape index (κ1) is 13.9. The molecule has 0 bridgehead atoms. The fourth-order valence-corrected chi connectivity index (χ4v) is 2.59. The number of likely N-dealkylation sites (tertiary alicyclic amines) is 1. The van der Waals surface area contributed by atoms with Crippen molar-refractivity contribution < 1.29 is 9.59 Å². The first-order valence-electron chi connectivity index (χ1n) is 7.44. The Morgan fingerprint density at radius 1 is 1.19 bits per heavy atom. The highest BCUT2D eigenvalue weighted by molar-refractivity contribution is 5.94. The minimum atomic E-state index is -0.265. The molecule has 2 heterocycles. The number of nitrogens with one attached hydrogen (secondary N) is 1. The van der Waals surface area contributed by atoms with E-state index in [0.717, 1.165) is 5.82 Å². The second kappa shape index (κ2) is 5.71. The largest absolute Gasteiger partial charge is 0.369 e. The predicted octanol–water partition coefficient (Wildman–Crippen LogP) is 0.993. The van der Waals surface area contributed by atoms with Gasteiger partial charge in [-0.3, -0.25) is 9.59 Å². The molecule has 6 nitrogen and oxygen atoms in total. The number of carbonyl (C=O) groups is 2. The molecule has 112 valence electrons. The lowest BCUT2D eigenvalue weighted by atomic mass is 9.96. The molecular weight excluding hydrogens is 268 g/mol. The highest BCUT2D eigenvalue weighted by atomic mass is 16.2. The van der Waals surface area contributed by atoms with Gasteiger partial charge in [0.2, 0.25) is 5.91 Å². The molecule has 0 radical (unpaired) electrons. The molecule has 1 aromatic heterocycles. The maximum Gasteiger partial charge on any atom is 0.255 e. The van der Waals surface area contributed by atoms with Gasteiger partial charge in [-0.1, -0.05) is 0 Å². The van der Waals surface area contributed by atoms with Gasteiger partial charge in [0.25, 0.3) is 5.91 Å². The number of primary amides is 1. The Kier molecular flexibility index (Phi) is 3.77. The summed E-state index contributed by atoms with van der Waals surface area (Å²) in [5, 5.41) is 3.29. The molecule has 3 rings (SSSR count). The number of pyridine rings is 1. The topological polar surface area (TPSA) is 88.3 Å². The fraction of sp³-hybridized carbons (Fsp3) is 0.533. The molecule has 3 N–H and O–H groups in total. The van der Waals surface area contributed by atoms with Crippen molar-refractivity contribution in [3.8, 4) is 0 Å². The molecular formula is C15H20N4O2. The molecule has 0 aromatic carbocycles. The summed E-state index contributed by atoms with van der Waals surface area (Å²) in [5.41, 5.74) is 5.89. The van der Waals surface area contributed by atoms with Gasteiger partial charge >= 0.3 is 0 Å². The Morgan fingerprint density at radius 2 is 1.90 bits per heavy atom. The van der Waals surface area contributed by atoms with Gasteiger partial charge in [-0.15, -0.1) is 0 Å². The maximum absolute atomic E-state index is 12.4. The highest BCUT2D eigenvalue weighted by Crippen LogP contribution is 2.24. The van der Waals surface area contributed by atoms with Gasteiger partial charge in [-0.05, 0) is 37.8 Å². The van der Waals surface area contributed by atoms with Crippen LogP contribution in [-0.4, -0.2) is 40.8 Å². The summed E-state index contributed by atoms with van der Waals surface area (Å²) in [6.45, 7) is 1.16. The van der Waals surface area contributed by atoms with Gasteiger partial charge in [0.1, 0.15) is 5.82 Å². The van der Waals surface area contributed by atoms with Crippen LogP contribution in [0.1, 0.15) is 36.0 Å². The first-order valence-corrected chi connectivity index (χ1v) is 7.44. The zero-order valence-corrected chi connectivity index (χ0v) is 11.9. The zero-order chi connectivity index (χ0) is 14.8. The molecule has 0 unspecified atom stereocenters. The van der Waals surface area contributed by atoms with Crippen molar-refractivity contribution in [2.75, 3.05) is 18.4 Å². The second-order valence-electron chi connectivity index (χ2n) is 5.82. The van der Waals surface area contributed by atoms with Crippen LogP contribution in [0.2, 0.25) is 0 Å². The quantitative estimate of drug-likeness (QED) is 0.865. The zero-order valence-electron chi connectivity index (χ0n) is 11.9. The Bertz CT molecular complexity index is 531. The molecule has 21 heavy (non-hydrogen) atoms. The van der Waals surface area contributed by atoms with Crippen LogP contribution in [0.5, 0.6) is 0 Å². The van der Waals surface area contributed by atoms with Crippen LogP contribution in [0, 0.1) is 5.92 Å². The summed E-state index contributed by atoms with van der Waals surface area (Å²) in [7, 11) is 0. The Hall–Kier alpha value is -2.11. The molecule has 0 spiro atoms. The monoisotopic (exact) mass is 288 g/mol. The molecule has 1 aliphatic carbocycles. The van der Waals surface area contributed by atoms with Gasteiger partial charge in [0.05, 0.1) is 5.56 Å². The van der Waals surface area contributed by atoms with Crippen molar-refractivity contribution in [1.82, 2.24) is 9.88 Å². The average molecular weight is 288 g/mol. The summed E-state index contributed by atoms with van der Waals surface area (Å²) in [6.07, 6.45) is 5.30. The molecule has 2 fully saturated rings. The molecule has 1 saturated heterocycles. The van der Waals surface area contributed by atoms with E-state index in [4.69, 9.17) is 5.73 Å². The Balaban J connectivity index is 1.58. The SMILES string of the molecule is NC(=O)C1CCN(C(=O)c2ccc(NC3CC3)nc2)CC1. The Labute approximate surface area is 123 Å². The molecule has 2 aliphatic rings. The number of carbonyl (C=O) groups excluding carboxylic acids is 2. The van der Waals surface area contributed by atoms with Crippen LogP contribution in [0.3, 0.4) is 0 Å². The maximum atomic E-state index is 12.4. The third-order valence-electron chi connectivity index (χ3n) is 4.12. The van der Waals surface area contributed by atoms with Gasteiger partial charge in [-0.2, -0.15) is 0 Å². The predicted molar refractivity (Wildman–Crippen MR) is 78.7 cm³/mol. The van der Waals surface area contributed by atoms with Crippen LogP contribution >= 0.6 is 0 Å². The number of rotatable bonds is 4. The summed E-state index contributed by atoms with van der Waals surface area (Å²) in [4.78, 5) is 29.6. The number of amides is 2. The van der Waals surface area contributed by atoms with Crippen LogP contribution in [-0.2, 0) is 4.79 Å². The summed E-state index contributed by atoms with van der Waals surface area (Å²) in [6, 6.07) is 4.20. The smallest absolute Gasteiger partial charge is 0.255 e. The molecule has 1 saturated carbocycles. The van der Waals surface area contributed by atoms with Gasteiger partial charge in [0.15, 0.2) is 0 Å². The van der Waals surface area contributed by atoms with Gasteiger partial charge in [0, 0.05) is 31.2 Å².